The predicted octanol–water partition coefficient (Wildman–Crippen LogP) is 6.29. The molecule has 3 aliphatic rings. The van der Waals surface area contributed by atoms with E-state index in [-0.39, 0.29) is 63.6 Å². The Balaban J connectivity index is 0.000000219. The molecular weight excluding hydrogens is 963 g/mol. The molecule has 0 spiro atoms. The van der Waals surface area contributed by atoms with Gasteiger partial charge in [-0.3, -0.25) is 29.1 Å². The van der Waals surface area contributed by atoms with E-state index in [1.54, 1.807) is 36.4 Å². The summed E-state index contributed by atoms with van der Waals surface area (Å²) >= 11 is 9.37. The molecule has 4 N–H and O–H groups in total. The third-order valence-electron chi connectivity index (χ3n) is 9.18. The van der Waals surface area contributed by atoms with Gasteiger partial charge >= 0.3 is 18.3 Å². The molecule has 0 saturated carbocycles. The average Bonchev–Trinajstić information content (AvgIpc) is 3.99. The number of cyclic esters (lactones) is 3. The van der Waals surface area contributed by atoms with Crippen molar-refractivity contribution in [2.24, 2.45) is 0 Å². The smallest absolute Gasteiger partial charge is 0.414 e. The molecule has 6 rings (SSSR count). The minimum absolute atomic E-state index is 0.0326. The van der Waals surface area contributed by atoms with Gasteiger partial charge in [0.25, 0.3) is 0 Å². The number of carbonyl (C=O) groups is 6. The summed E-state index contributed by atoms with van der Waals surface area (Å²) in [6, 6.07) is 13.6. The lowest BCUT2D eigenvalue weighted by atomic mass is 10.2. The zero-order chi connectivity index (χ0) is 49.0. The molecule has 3 aromatic carbocycles. The van der Waals surface area contributed by atoms with Crippen LogP contribution < -0.4 is 30.7 Å². The maximum absolute atomic E-state index is 14.1. The predicted molar refractivity (Wildman–Crippen MR) is 250 cm³/mol. The maximum Gasteiger partial charge on any atom is 0.414 e. The number of benzene rings is 3. The lowest BCUT2D eigenvalue weighted by molar-refractivity contribution is -0.120. The van der Waals surface area contributed by atoms with Gasteiger partial charge in [-0.1, -0.05) is 0 Å². The average molecular weight is 1010 g/mol. The molecule has 3 heterocycles. The number of anilines is 3. The highest BCUT2D eigenvalue weighted by Gasteiger charge is 2.35. The van der Waals surface area contributed by atoms with Crippen LogP contribution in [0.15, 0.2) is 69.3 Å². The zero-order valence-electron chi connectivity index (χ0n) is 36.6. The van der Waals surface area contributed by atoms with E-state index in [0.29, 0.717) is 61.4 Å². The topological polar surface area (TPSA) is 201 Å². The number of nitrogens with zero attached hydrogens (tertiary/aromatic N) is 4. The van der Waals surface area contributed by atoms with Gasteiger partial charge in [-0.05, 0) is 54.6 Å². The van der Waals surface area contributed by atoms with E-state index in [4.69, 9.17) is 37.5 Å². The van der Waals surface area contributed by atoms with Gasteiger partial charge < -0.3 is 40.1 Å². The summed E-state index contributed by atoms with van der Waals surface area (Å²) in [5.41, 5.74) is 1.25. The summed E-state index contributed by atoms with van der Waals surface area (Å²) in [6.07, 6.45) is -3.02. The van der Waals surface area contributed by atoms with Crippen LogP contribution in [0.2, 0.25) is 0 Å². The van der Waals surface area contributed by atoms with Crippen LogP contribution in [0.1, 0.15) is 20.8 Å². The zero-order valence-corrected chi connectivity index (χ0v) is 39.8. The molecule has 3 aromatic rings. The first kappa shape index (κ1) is 54.1. The highest BCUT2D eigenvalue weighted by atomic mass is 35.5. The molecule has 0 aliphatic carbocycles. The third-order valence-corrected chi connectivity index (χ3v) is 12.7. The van der Waals surface area contributed by atoms with Crippen molar-refractivity contribution in [3.05, 3.63) is 83.5 Å². The first-order chi connectivity index (χ1) is 32.0. The molecule has 6 amide bonds. The van der Waals surface area contributed by atoms with E-state index in [1.165, 1.54) is 89.0 Å². The Kier molecular flexibility index (Phi) is 22.0. The van der Waals surface area contributed by atoms with Crippen LogP contribution in [-0.2, 0) is 28.6 Å². The van der Waals surface area contributed by atoms with Crippen molar-refractivity contribution in [2.45, 2.75) is 53.8 Å². The highest BCUT2D eigenvalue weighted by Crippen LogP contribution is 2.31. The van der Waals surface area contributed by atoms with Gasteiger partial charge in [0.05, 0.1) is 68.7 Å². The van der Waals surface area contributed by atoms with Crippen LogP contribution in [-0.4, -0.2) is 135 Å². The summed E-state index contributed by atoms with van der Waals surface area (Å²) in [4.78, 5) is 76.8. The monoisotopic (exact) mass is 1010 g/mol. The summed E-state index contributed by atoms with van der Waals surface area (Å²) in [5, 5.41) is 16.5. The minimum Gasteiger partial charge on any atom is -0.442 e. The van der Waals surface area contributed by atoms with Crippen molar-refractivity contribution < 1.29 is 61.3 Å². The fraction of sp³-hybridized carbons (Fsp3) is 0.419. The number of alkyl halides is 1. The van der Waals surface area contributed by atoms with Gasteiger partial charge in [-0.15, -0.1) is 46.9 Å². The van der Waals surface area contributed by atoms with Crippen LogP contribution in [0.5, 0.6) is 0 Å². The number of aliphatic hydroxyl groups excluding tert-OH is 1. The Bertz CT molecular complexity index is 2180. The molecule has 0 aromatic heterocycles. The SMILES string of the molecule is CC(=O)NC[C@H]1CN(c2ccc(SCCCl)c(F)c2)C(=O)O1.CC(=O)NC[C@H]1CN(c2ccc(SCCO)c(F)c2)C(=O)O1.[C-]#[N+]CCSc1ccc(N2C[C@H](CNC(C)=O)OC2=O)cc1F. The number of halogens is 4. The molecule has 362 valence electrons. The van der Waals surface area contributed by atoms with Crippen molar-refractivity contribution in [3.63, 3.8) is 0 Å². The Morgan fingerprint density at radius 1 is 0.642 bits per heavy atom. The van der Waals surface area contributed by atoms with Gasteiger partial charge in [0.1, 0.15) is 35.8 Å². The highest BCUT2D eigenvalue weighted by molar-refractivity contribution is 7.99. The van der Waals surface area contributed by atoms with Crippen LogP contribution >= 0.6 is 46.9 Å². The first-order valence-corrected chi connectivity index (χ1v) is 24.0. The van der Waals surface area contributed by atoms with Gasteiger partial charge in [-0.25, -0.2) is 34.1 Å². The molecule has 67 heavy (non-hydrogen) atoms. The van der Waals surface area contributed by atoms with Crippen molar-refractivity contribution in [3.8, 4) is 0 Å². The largest absolute Gasteiger partial charge is 0.442 e. The van der Waals surface area contributed by atoms with Crippen LogP contribution in [0.3, 0.4) is 0 Å². The molecule has 24 heteroatoms. The number of thioether (sulfide) groups is 3. The lowest BCUT2D eigenvalue weighted by Crippen LogP contribution is -2.33. The van der Waals surface area contributed by atoms with E-state index >= 15 is 0 Å². The second-order valence-electron chi connectivity index (χ2n) is 14.3. The number of ether oxygens (including phenoxy) is 3. The molecule has 3 fully saturated rings. The second-order valence-corrected chi connectivity index (χ2v) is 18.1. The Morgan fingerprint density at radius 2 is 0.970 bits per heavy atom. The fourth-order valence-corrected chi connectivity index (χ4v) is 8.44. The molecular formula is C43H49ClF3N7O10S3. The van der Waals surface area contributed by atoms with Gasteiger partial charge in [0.2, 0.25) is 24.3 Å². The number of hydrogen-bond donors (Lipinski definition) is 4. The van der Waals surface area contributed by atoms with E-state index < -0.39 is 54.0 Å². The van der Waals surface area contributed by atoms with Crippen LogP contribution in [0.4, 0.5) is 44.6 Å². The quantitative estimate of drug-likeness (QED) is 0.0365. The molecule has 0 unspecified atom stereocenters. The molecule has 0 radical (unpaired) electrons. The summed E-state index contributed by atoms with van der Waals surface area (Å²) in [7, 11) is 0. The summed E-state index contributed by atoms with van der Waals surface area (Å²) in [6.45, 7) is 12.6. The normalized spacial score (nSPS) is 17.3. The first-order valence-electron chi connectivity index (χ1n) is 20.5. The fourth-order valence-electron chi connectivity index (χ4n) is 6.12. The van der Waals surface area contributed by atoms with E-state index in [9.17, 15) is 41.9 Å². The molecule has 0 bridgehead atoms. The van der Waals surface area contributed by atoms with Crippen molar-refractivity contribution in [2.75, 3.05) is 90.3 Å². The summed E-state index contributed by atoms with van der Waals surface area (Å²) in [5.74, 6) is 0.0940. The summed E-state index contributed by atoms with van der Waals surface area (Å²) < 4.78 is 57.5. The number of nitrogens with one attached hydrogen (secondary N) is 3. The molecule has 3 atom stereocenters. The second kappa shape index (κ2) is 27.3. The van der Waals surface area contributed by atoms with Crippen molar-refractivity contribution >= 4 is 100.0 Å². The minimum atomic E-state index is -0.564. The number of carbonyl (C=O) groups excluding carboxylic acids is 6. The van der Waals surface area contributed by atoms with Gasteiger partial charge in [0.15, 0.2) is 0 Å². The van der Waals surface area contributed by atoms with Crippen LogP contribution in [0, 0.1) is 24.0 Å². The third kappa shape index (κ3) is 17.2. The van der Waals surface area contributed by atoms with E-state index in [1.807, 2.05) is 0 Å². The Hall–Kier alpha value is -5.54. The number of hydrogen-bond acceptors (Lipinski definition) is 13. The van der Waals surface area contributed by atoms with E-state index in [2.05, 4.69) is 20.8 Å². The van der Waals surface area contributed by atoms with Gasteiger partial charge in [-0.2, -0.15) is 0 Å². The molecule has 3 aliphatic heterocycles. The number of amides is 6. The van der Waals surface area contributed by atoms with Gasteiger partial charge in [0, 0.05) is 52.8 Å². The van der Waals surface area contributed by atoms with E-state index in [0.717, 1.165) is 0 Å². The Labute approximate surface area is 402 Å². The van der Waals surface area contributed by atoms with Crippen molar-refractivity contribution in [1.29, 1.82) is 0 Å². The molecule has 3 saturated heterocycles. The molecule has 17 nitrogen and oxygen atoms in total. The van der Waals surface area contributed by atoms with Crippen molar-refractivity contribution in [1.82, 2.24) is 16.0 Å². The maximum atomic E-state index is 14.1. The lowest BCUT2D eigenvalue weighted by Gasteiger charge is -2.14. The Morgan fingerprint density at radius 3 is 1.25 bits per heavy atom. The number of aliphatic hydroxyl groups is 1. The van der Waals surface area contributed by atoms with Crippen LogP contribution in [0.25, 0.3) is 4.85 Å². The standard InChI is InChI=1S/C15H16FN3O3S.C14H16ClFN2O3S.C14H17FN2O4S/c1-10(20)18-8-12-9-19(15(21)22-12)11-3-4-14(13(16)7-11)23-6-5-17-2;1-9(19)17-7-11-8-18(14(20)21-11)10-2-3-13(12(16)6-10)22-5-4-15;1-9(19)16-7-11-8-17(14(20)21-11)10-2-3-13(12(15)6-10)22-5-4-18/h3-4,7,12H,5-6,8-9H2,1H3,(H,18,20);2-3,6,11H,4-5,7-8H2,1H3,(H,17,19);2-3,6,11,18H,4-5,7-8H2,1H3,(H,16,19)/t12-;2*11-/m000/s1. The number of rotatable bonds is 18.